The molecule has 7 nitrogen and oxygen atoms in total. The van der Waals surface area contributed by atoms with Crippen molar-refractivity contribution in [2.75, 3.05) is 33.9 Å². The normalized spacial score (nSPS) is 12.9. The molecule has 0 radical (unpaired) electrons. The zero-order chi connectivity index (χ0) is 19.6. The standard InChI is InChI=1S/C20H31N5O2/c1-15-19(16(2)25(24-15)10-11-27-4)13-23-20(21-3)22-12-18(14-26)17-8-6-5-7-9-17/h5-9,18,26H,10-14H2,1-4H3,(H2,21,22,23). The molecule has 1 aromatic carbocycles. The molecule has 0 saturated carbocycles. The highest BCUT2D eigenvalue weighted by Gasteiger charge is 2.13. The van der Waals surface area contributed by atoms with E-state index in [1.807, 2.05) is 41.9 Å². The summed E-state index contributed by atoms with van der Waals surface area (Å²) in [6.45, 7) is 6.79. The van der Waals surface area contributed by atoms with Gasteiger partial charge in [-0.05, 0) is 19.4 Å². The van der Waals surface area contributed by atoms with E-state index in [-0.39, 0.29) is 12.5 Å². The molecule has 1 atom stereocenters. The summed E-state index contributed by atoms with van der Waals surface area (Å²) in [5, 5.41) is 20.9. The minimum absolute atomic E-state index is 0.0185. The highest BCUT2D eigenvalue weighted by Crippen LogP contribution is 2.14. The Morgan fingerprint density at radius 1 is 1.26 bits per heavy atom. The van der Waals surface area contributed by atoms with Gasteiger partial charge in [-0.25, -0.2) is 0 Å². The molecule has 7 heteroatoms. The van der Waals surface area contributed by atoms with Crippen LogP contribution in [-0.2, 0) is 17.8 Å². The fourth-order valence-corrected chi connectivity index (χ4v) is 3.01. The Kier molecular flexibility index (Phi) is 8.29. The molecule has 0 saturated heterocycles. The van der Waals surface area contributed by atoms with Crippen molar-refractivity contribution in [2.24, 2.45) is 4.99 Å². The van der Waals surface area contributed by atoms with E-state index >= 15 is 0 Å². The number of methoxy groups -OCH3 is 1. The van der Waals surface area contributed by atoms with Crippen LogP contribution in [0, 0.1) is 13.8 Å². The number of guanidine groups is 1. The molecule has 0 amide bonds. The fraction of sp³-hybridized carbons (Fsp3) is 0.500. The van der Waals surface area contributed by atoms with Gasteiger partial charge in [0.05, 0.1) is 25.5 Å². The Morgan fingerprint density at radius 3 is 2.63 bits per heavy atom. The van der Waals surface area contributed by atoms with Crippen molar-refractivity contribution in [2.45, 2.75) is 32.9 Å². The second-order valence-corrected chi connectivity index (χ2v) is 6.46. The SMILES string of the molecule is CN=C(NCc1c(C)nn(CCOC)c1C)NCC(CO)c1ccccc1. The molecule has 2 rings (SSSR count). The molecule has 27 heavy (non-hydrogen) atoms. The fourth-order valence-electron chi connectivity index (χ4n) is 3.01. The molecule has 1 unspecified atom stereocenters. The number of aliphatic hydroxyl groups excluding tert-OH is 1. The first kappa shape index (κ1) is 20.9. The maximum absolute atomic E-state index is 9.70. The minimum atomic E-state index is 0.0185. The maximum atomic E-state index is 9.70. The average molecular weight is 374 g/mol. The van der Waals surface area contributed by atoms with E-state index in [9.17, 15) is 5.11 Å². The first-order chi connectivity index (χ1) is 13.1. The number of benzene rings is 1. The van der Waals surface area contributed by atoms with Gasteiger partial charge >= 0.3 is 0 Å². The van der Waals surface area contributed by atoms with Crippen LogP contribution in [0.4, 0.5) is 0 Å². The Bertz CT molecular complexity index is 727. The number of rotatable bonds is 9. The maximum Gasteiger partial charge on any atom is 0.191 e. The zero-order valence-electron chi connectivity index (χ0n) is 16.7. The van der Waals surface area contributed by atoms with Crippen LogP contribution in [0.25, 0.3) is 0 Å². The van der Waals surface area contributed by atoms with Gasteiger partial charge < -0.3 is 20.5 Å². The lowest BCUT2D eigenvalue weighted by Crippen LogP contribution is -2.39. The van der Waals surface area contributed by atoms with E-state index in [0.717, 1.165) is 29.1 Å². The highest BCUT2D eigenvalue weighted by atomic mass is 16.5. The van der Waals surface area contributed by atoms with E-state index in [0.29, 0.717) is 25.7 Å². The average Bonchev–Trinajstić information content (AvgIpc) is 2.97. The topological polar surface area (TPSA) is 83.7 Å². The molecule has 1 heterocycles. The molecule has 0 fully saturated rings. The minimum Gasteiger partial charge on any atom is -0.396 e. The third-order valence-electron chi connectivity index (χ3n) is 4.70. The number of hydrogen-bond acceptors (Lipinski definition) is 4. The molecule has 1 aromatic heterocycles. The van der Waals surface area contributed by atoms with E-state index in [2.05, 4.69) is 27.6 Å². The summed E-state index contributed by atoms with van der Waals surface area (Å²) in [5.41, 5.74) is 4.40. The van der Waals surface area contributed by atoms with Crippen LogP contribution < -0.4 is 10.6 Å². The Hall–Kier alpha value is -2.38. The van der Waals surface area contributed by atoms with Crippen LogP contribution in [0.2, 0.25) is 0 Å². The van der Waals surface area contributed by atoms with Gasteiger partial charge in [-0.1, -0.05) is 30.3 Å². The van der Waals surface area contributed by atoms with Gasteiger partial charge in [0.25, 0.3) is 0 Å². The van der Waals surface area contributed by atoms with Gasteiger partial charge in [0, 0.05) is 44.4 Å². The molecular weight excluding hydrogens is 342 g/mol. The van der Waals surface area contributed by atoms with E-state index < -0.39 is 0 Å². The number of aromatic nitrogens is 2. The molecule has 3 N–H and O–H groups in total. The number of nitrogens with zero attached hydrogens (tertiary/aromatic N) is 3. The second-order valence-electron chi connectivity index (χ2n) is 6.46. The lowest BCUT2D eigenvalue weighted by Gasteiger charge is -2.18. The van der Waals surface area contributed by atoms with Gasteiger partial charge in [-0.15, -0.1) is 0 Å². The quantitative estimate of drug-likeness (QED) is 0.459. The first-order valence-corrected chi connectivity index (χ1v) is 9.22. The van der Waals surface area contributed by atoms with Crippen LogP contribution in [0.15, 0.2) is 35.3 Å². The third-order valence-corrected chi connectivity index (χ3v) is 4.70. The van der Waals surface area contributed by atoms with Crippen molar-refractivity contribution in [3.8, 4) is 0 Å². The molecule has 2 aromatic rings. The van der Waals surface area contributed by atoms with Crippen LogP contribution in [-0.4, -0.2) is 54.8 Å². The first-order valence-electron chi connectivity index (χ1n) is 9.22. The lowest BCUT2D eigenvalue weighted by atomic mass is 10.0. The highest BCUT2D eigenvalue weighted by molar-refractivity contribution is 5.79. The summed E-state index contributed by atoms with van der Waals surface area (Å²) < 4.78 is 7.12. The van der Waals surface area contributed by atoms with E-state index in [1.165, 1.54) is 0 Å². The Labute approximate surface area is 161 Å². The molecule has 0 aliphatic carbocycles. The predicted molar refractivity (Wildman–Crippen MR) is 108 cm³/mol. The molecule has 148 valence electrons. The van der Waals surface area contributed by atoms with Gasteiger partial charge in [-0.2, -0.15) is 5.10 Å². The van der Waals surface area contributed by atoms with Crippen LogP contribution in [0.1, 0.15) is 28.4 Å². The van der Waals surface area contributed by atoms with Crippen molar-refractivity contribution >= 4 is 5.96 Å². The second kappa shape index (κ2) is 10.7. The zero-order valence-corrected chi connectivity index (χ0v) is 16.7. The lowest BCUT2D eigenvalue weighted by molar-refractivity contribution is 0.182. The van der Waals surface area contributed by atoms with Crippen molar-refractivity contribution in [3.05, 3.63) is 52.8 Å². The van der Waals surface area contributed by atoms with Crippen molar-refractivity contribution in [1.82, 2.24) is 20.4 Å². The monoisotopic (exact) mass is 373 g/mol. The van der Waals surface area contributed by atoms with Crippen LogP contribution >= 0.6 is 0 Å². The summed E-state index contributed by atoms with van der Waals surface area (Å²) in [6.07, 6.45) is 0. The van der Waals surface area contributed by atoms with E-state index in [4.69, 9.17) is 4.74 Å². The summed E-state index contributed by atoms with van der Waals surface area (Å²) >= 11 is 0. The summed E-state index contributed by atoms with van der Waals surface area (Å²) in [6, 6.07) is 10.00. The number of aliphatic hydroxyl groups is 1. The van der Waals surface area contributed by atoms with Crippen LogP contribution in [0.5, 0.6) is 0 Å². The summed E-state index contributed by atoms with van der Waals surface area (Å²) in [7, 11) is 3.44. The number of nitrogens with one attached hydrogen (secondary N) is 2. The molecule has 0 spiro atoms. The molecule has 0 bridgehead atoms. The van der Waals surface area contributed by atoms with Gasteiger partial charge in [0.1, 0.15) is 0 Å². The predicted octanol–water partition coefficient (Wildman–Crippen LogP) is 1.59. The van der Waals surface area contributed by atoms with Crippen molar-refractivity contribution in [1.29, 1.82) is 0 Å². The van der Waals surface area contributed by atoms with Gasteiger partial charge in [0.15, 0.2) is 5.96 Å². The number of aryl methyl sites for hydroxylation is 1. The summed E-state index contributed by atoms with van der Waals surface area (Å²) in [4.78, 5) is 4.28. The molecular formula is C20H31N5O2. The molecule has 0 aliphatic heterocycles. The Balaban J connectivity index is 1.93. The summed E-state index contributed by atoms with van der Waals surface area (Å²) in [5.74, 6) is 0.720. The largest absolute Gasteiger partial charge is 0.396 e. The molecule has 0 aliphatic rings. The van der Waals surface area contributed by atoms with Gasteiger partial charge in [0.2, 0.25) is 0 Å². The van der Waals surface area contributed by atoms with Crippen LogP contribution in [0.3, 0.4) is 0 Å². The Morgan fingerprint density at radius 2 is 2.00 bits per heavy atom. The number of hydrogen-bond donors (Lipinski definition) is 3. The number of aliphatic imine (C=N–C) groups is 1. The van der Waals surface area contributed by atoms with Crippen molar-refractivity contribution in [3.63, 3.8) is 0 Å². The number of ether oxygens (including phenoxy) is 1. The smallest absolute Gasteiger partial charge is 0.191 e. The third kappa shape index (κ3) is 5.80. The van der Waals surface area contributed by atoms with E-state index in [1.54, 1.807) is 14.2 Å². The van der Waals surface area contributed by atoms with Gasteiger partial charge in [-0.3, -0.25) is 9.67 Å². The van der Waals surface area contributed by atoms with Crippen molar-refractivity contribution < 1.29 is 9.84 Å².